The molecule has 0 spiro atoms. The molecule has 0 aliphatic heterocycles. The molecule has 11 rings (SSSR count). The standard InChI is InChI=1S/C24H17N2OS.2C14H9N2S.Ir/c1-15-7-5-8-16(2)23(15)27-24-20-14-18-10-4-3-9-17(18)13-19(20)22(25-26-24)21-11-6-12-28-21;2*1-9(17)14-13-7-11-5-3-2-4-10(11)6-12(13)8-15-16-14;/h3-10,12-14H,1-2H3;2*1-8,17H;/q3*-1;+3. The van der Waals surface area contributed by atoms with Crippen LogP contribution in [0, 0.1) is 33.1 Å². The van der Waals surface area contributed by atoms with Crippen LogP contribution < -0.4 is 4.74 Å². The average Bonchev–Trinajstić information content (AvgIpc) is 3.83. The van der Waals surface area contributed by atoms with Gasteiger partial charge in [0.25, 0.3) is 0 Å². The zero-order valence-corrected chi connectivity index (χ0v) is 38.8. The molecule has 63 heavy (non-hydrogen) atoms. The Morgan fingerprint density at radius 3 is 1.43 bits per heavy atom. The van der Waals surface area contributed by atoms with Gasteiger partial charge in [-0.15, -0.1) is 20.3 Å². The van der Waals surface area contributed by atoms with Crippen LogP contribution in [0.15, 0.2) is 151 Å². The van der Waals surface area contributed by atoms with Gasteiger partial charge in [-0.1, -0.05) is 125 Å². The molecule has 0 fully saturated rings. The summed E-state index contributed by atoms with van der Waals surface area (Å²) in [5, 5.41) is 39.9. The fourth-order valence-corrected chi connectivity index (χ4v) is 8.41. The smallest absolute Gasteiger partial charge is 0.437 e. The number of para-hydroxylation sites is 1. The summed E-state index contributed by atoms with van der Waals surface area (Å²) in [5.41, 5.74) is 4.26. The number of aromatic nitrogens is 6. The van der Waals surface area contributed by atoms with Crippen LogP contribution in [0.3, 0.4) is 0 Å². The first-order chi connectivity index (χ1) is 30.2. The Hall–Kier alpha value is -6.33. The summed E-state index contributed by atoms with van der Waals surface area (Å²) in [6, 6.07) is 48.5. The number of benzene rings is 7. The Morgan fingerprint density at radius 1 is 0.540 bits per heavy atom. The minimum absolute atomic E-state index is 0. The summed E-state index contributed by atoms with van der Waals surface area (Å²) in [4.78, 5) is 1.75. The van der Waals surface area contributed by atoms with E-state index in [0.717, 1.165) is 75.9 Å². The monoisotopic (exact) mass is 1050 g/mol. The van der Waals surface area contributed by atoms with Crippen molar-refractivity contribution >= 4 is 111 Å². The van der Waals surface area contributed by atoms with Gasteiger partial charge in [0.15, 0.2) is 0 Å². The van der Waals surface area contributed by atoms with Crippen LogP contribution in [-0.4, -0.2) is 30.6 Å². The molecule has 0 unspecified atom stereocenters. The SMILES string of the molecule is Cc1cccc(C)c1Oc1nnc(-c2[c-]ccs2)c2cc3ccccc3cc12.[CH-]=C(S)c1nncc2cc3ccccc3cc12.[CH-]=C(S)c1nncc2cc3ccccc3cc12.[Ir+3]. The maximum atomic E-state index is 6.29. The Labute approximate surface area is 392 Å². The molecule has 0 N–H and O–H groups in total. The zero-order valence-electron chi connectivity index (χ0n) is 33.8. The van der Waals surface area contributed by atoms with Crippen LogP contribution in [0.1, 0.15) is 22.5 Å². The van der Waals surface area contributed by atoms with E-state index in [1.165, 1.54) is 16.2 Å². The van der Waals surface area contributed by atoms with Crippen molar-refractivity contribution in [2.24, 2.45) is 0 Å². The number of ether oxygens (including phenoxy) is 1. The second kappa shape index (κ2) is 19.0. The Morgan fingerprint density at radius 2 is 0.984 bits per heavy atom. The number of nitrogens with zero attached hydrogens (tertiary/aromatic N) is 6. The van der Waals surface area contributed by atoms with Gasteiger partial charge < -0.3 is 4.74 Å². The second-order valence-corrected chi connectivity index (χ2v) is 16.4. The summed E-state index contributed by atoms with van der Waals surface area (Å²) < 4.78 is 6.29. The number of thiol groups is 2. The van der Waals surface area contributed by atoms with E-state index in [1.54, 1.807) is 23.7 Å². The largest absolute Gasteiger partial charge is 3.00 e. The minimum atomic E-state index is 0. The molecule has 7 nitrogen and oxygen atoms in total. The van der Waals surface area contributed by atoms with Crippen molar-refractivity contribution in [2.75, 3.05) is 0 Å². The first kappa shape index (κ1) is 43.3. The van der Waals surface area contributed by atoms with E-state index in [0.29, 0.717) is 27.1 Å². The number of thiophene rings is 1. The van der Waals surface area contributed by atoms with E-state index >= 15 is 0 Å². The molecule has 4 aromatic heterocycles. The number of hydrogen-bond acceptors (Lipinski definition) is 10. The molecule has 0 saturated carbocycles. The first-order valence-electron chi connectivity index (χ1n) is 19.5. The van der Waals surface area contributed by atoms with Gasteiger partial charge in [0.2, 0.25) is 5.88 Å². The number of hydrogen-bond donors (Lipinski definition) is 2. The molecular formula is C52H35IrN6OS3. The summed E-state index contributed by atoms with van der Waals surface area (Å²) in [6.07, 6.45) is 3.48. The van der Waals surface area contributed by atoms with Crippen LogP contribution in [0.5, 0.6) is 11.6 Å². The third-order valence-corrected chi connectivity index (χ3v) is 11.7. The molecule has 306 valence electrons. The van der Waals surface area contributed by atoms with E-state index in [9.17, 15) is 0 Å². The van der Waals surface area contributed by atoms with Gasteiger partial charge in [0.05, 0.1) is 12.4 Å². The van der Waals surface area contributed by atoms with Crippen molar-refractivity contribution in [3.63, 3.8) is 0 Å². The van der Waals surface area contributed by atoms with Crippen molar-refractivity contribution in [3.8, 4) is 22.2 Å². The molecule has 11 aromatic rings. The molecule has 0 aliphatic carbocycles. The van der Waals surface area contributed by atoms with Crippen molar-refractivity contribution in [2.45, 2.75) is 13.8 Å². The number of rotatable bonds is 5. The molecule has 11 heteroatoms. The molecule has 4 heterocycles. The molecule has 7 aromatic carbocycles. The number of fused-ring (bicyclic) bond motifs is 6. The number of aryl methyl sites for hydroxylation is 2. The van der Waals surface area contributed by atoms with Crippen LogP contribution in [0.2, 0.25) is 0 Å². The summed E-state index contributed by atoms with van der Waals surface area (Å²) >= 11 is 9.91. The summed E-state index contributed by atoms with van der Waals surface area (Å²) in [6.45, 7) is 15.5. The molecule has 0 bridgehead atoms. The molecule has 0 amide bonds. The first-order valence-corrected chi connectivity index (χ1v) is 21.3. The topological polar surface area (TPSA) is 86.6 Å². The van der Waals surface area contributed by atoms with E-state index in [2.05, 4.69) is 135 Å². The quantitative estimate of drug-likeness (QED) is 0.101. The van der Waals surface area contributed by atoms with Gasteiger partial charge >= 0.3 is 20.1 Å². The van der Waals surface area contributed by atoms with Crippen molar-refractivity contribution in [1.82, 2.24) is 30.6 Å². The van der Waals surface area contributed by atoms with Crippen LogP contribution >= 0.6 is 36.6 Å². The molecular weight excluding hydrogens is 1010 g/mol. The molecule has 0 atom stereocenters. The Bertz CT molecular complexity index is 3360. The summed E-state index contributed by atoms with van der Waals surface area (Å²) in [5.74, 6) is 1.36. The van der Waals surface area contributed by atoms with Gasteiger partial charge in [-0.2, -0.15) is 47.6 Å². The maximum absolute atomic E-state index is 6.29. The van der Waals surface area contributed by atoms with Gasteiger partial charge in [-0.25, -0.2) is 26.6 Å². The molecule has 0 aliphatic rings. The van der Waals surface area contributed by atoms with Crippen LogP contribution in [-0.2, 0) is 20.1 Å². The van der Waals surface area contributed by atoms with Gasteiger partial charge in [-0.3, -0.25) is 13.2 Å². The fraction of sp³-hybridized carbons (Fsp3) is 0.0385. The zero-order chi connectivity index (χ0) is 42.7. The third-order valence-electron chi connectivity index (χ3n) is 10.4. The Kier molecular flexibility index (Phi) is 13.0. The summed E-state index contributed by atoms with van der Waals surface area (Å²) in [7, 11) is 0. The molecule has 0 radical (unpaired) electrons. The van der Waals surface area contributed by atoms with Gasteiger partial charge in [0, 0.05) is 11.1 Å². The predicted octanol–water partition coefficient (Wildman–Crippen LogP) is 13.7. The van der Waals surface area contributed by atoms with Gasteiger partial charge in [-0.05, 0) is 103 Å². The van der Waals surface area contributed by atoms with Crippen LogP contribution in [0.4, 0.5) is 0 Å². The van der Waals surface area contributed by atoms with E-state index in [-0.39, 0.29) is 20.1 Å². The van der Waals surface area contributed by atoms with E-state index in [4.69, 9.17) is 17.9 Å². The Balaban J connectivity index is 0.000000135. The van der Waals surface area contributed by atoms with Crippen molar-refractivity contribution in [1.29, 1.82) is 0 Å². The van der Waals surface area contributed by atoms with Gasteiger partial charge in [0.1, 0.15) is 5.75 Å². The fourth-order valence-electron chi connectivity index (χ4n) is 7.41. The van der Waals surface area contributed by atoms with Crippen molar-refractivity contribution < 1.29 is 24.8 Å². The van der Waals surface area contributed by atoms with Crippen LogP contribution in [0.25, 0.3) is 85.0 Å². The normalized spacial score (nSPS) is 10.9. The van der Waals surface area contributed by atoms with E-state index < -0.39 is 0 Å². The molecule has 0 saturated heterocycles. The average molecular weight is 1050 g/mol. The predicted molar refractivity (Wildman–Crippen MR) is 263 cm³/mol. The minimum Gasteiger partial charge on any atom is -0.437 e. The third kappa shape index (κ3) is 9.11. The van der Waals surface area contributed by atoms with E-state index in [1.807, 2.05) is 79.9 Å². The second-order valence-electron chi connectivity index (χ2n) is 14.5. The van der Waals surface area contributed by atoms with Crippen molar-refractivity contribution in [3.05, 3.63) is 193 Å². The maximum Gasteiger partial charge on any atom is 3.00 e.